The predicted octanol–water partition coefficient (Wildman–Crippen LogP) is 4.01. The first kappa shape index (κ1) is 26.2. The highest BCUT2D eigenvalue weighted by Crippen LogP contribution is 2.30. The molecule has 9 heteroatoms. The lowest BCUT2D eigenvalue weighted by Crippen LogP contribution is -2.50. The van der Waals surface area contributed by atoms with Gasteiger partial charge in [-0.15, -0.1) is 0 Å². The van der Waals surface area contributed by atoms with E-state index in [9.17, 15) is 18.0 Å². The molecule has 3 aromatic carbocycles. The summed E-state index contributed by atoms with van der Waals surface area (Å²) in [5.41, 5.74) is 2.05. The Hall–Kier alpha value is -3.36. The minimum atomic E-state index is -4.13. The van der Waals surface area contributed by atoms with Crippen molar-refractivity contribution < 1.29 is 18.0 Å². The number of sulfonamides is 1. The van der Waals surface area contributed by atoms with Crippen LogP contribution in [0.3, 0.4) is 0 Å². The number of carbonyl (C=O) groups is 2. The molecule has 0 aromatic heterocycles. The van der Waals surface area contributed by atoms with Crippen LogP contribution in [0, 0.1) is 6.92 Å². The number of carbonyl (C=O) groups excluding carboxylic acids is 2. The zero-order valence-electron chi connectivity index (χ0n) is 19.8. The minimum Gasteiger partial charge on any atom is -0.357 e. The lowest BCUT2D eigenvalue weighted by atomic mass is 10.1. The third-order valence-corrected chi connectivity index (χ3v) is 7.71. The average molecular weight is 514 g/mol. The summed E-state index contributed by atoms with van der Waals surface area (Å²) in [4.78, 5) is 27.5. The Morgan fingerprint density at radius 3 is 2.14 bits per heavy atom. The van der Waals surface area contributed by atoms with Crippen molar-refractivity contribution in [3.63, 3.8) is 0 Å². The van der Waals surface area contributed by atoms with Gasteiger partial charge in [0.2, 0.25) is 11.8 Å². The molecule has 7 nitrogen and oxygen atoms in total. The van der Waals surface area contributed by atoms with Gasteiger partial charge >= 0.3 is 0 Å². The fourth-order valence-corrected chi connectivity index (χ4v) is 5.31. The van der Waals surface area contributed by atoms with Crippen molar-refractivity contribution in [1.29, 1.82) is 0 Å². The van der Waals surface area contributed by atoms with E-state index in [0.717, 1.165) is 15.4 Å². The Morgan fingerprint density at radius 2 is 1.54 bits per heavy atom. The molecule has 3 aromatic rings. The van der Waals surface area contributed by atoms with Gasteiger partial charge in [0.05, 0.1) is 15.6 Å². The third kappa shape index (κ3) is 6.21. The highest BCUT2D eigenvalue weighted by molar-refractivity contribution is 7.92. The smallest absolute Gasteiger partial charge is 0.264 e. The lowest BCUT2D eigenvalue weighted by Gasteiger charge is -2.32. The summed E-state index contributed by atoms with van der Waals surface area (Å²) in [6.07, 6.45) is 0. The molecular formula is C26H28ClN3O4S. The number of hydrogen-bond donors (Lipinski definition) is 1. The van der Waals surface area contributed by atoms with Gasteiger partial charge in [0.25, 0.3) is 10.0 Å². The number of likely N-dealkylation sites (N-methyl/N-ethyl adjacent to an activating group) is 1. The number of aryl methyl sites for hydroxylation is 1. The van der Waals surface area contributed by atoms with Crippen molar-refractivity contribution in [3.8, 4) is 0 Å². The molecule has 0 aliphatic heterocycles. The number of nitrogens with zero attached hydrogens (tertiary/aromatic N) is 2. The number of amides is 2. The van der Waals surface area contributed by atoms with Crippen LogP contribution in [0.25, 0.3) is 0 Å². The summed E-state index contributed by atoms with van der Waals surface area (Å²) in [6, 6.07) is 21.0. The molecule has 0 spiro atoms. The first-order valence-electron chi connectivity index (χ1n) is 11.0. The second-order valence-corrected chi connectivity index (χ2v) is 10.3. The van der Waals surface area contributed by atoms with Gasteiger partial charge in [-0.05, 0) is 43.7 Å². The molecule has 1 N–H and O–H groups in total. The fraction of sp³-hybridized carbons (Fsp3) is 0.231. The molecule has 1 unspecified atom stereocenters. The molecule has 0 fully saturated rings. The van der Waals surface area contributed by atoms with Crippen molar-refractivity contribution in [2.75, 3.05) is 17.9 Å². The van der Waals surface area contributed by atoms with Gasteiger partial charge in [-0.3, -0.25) is 13.9 Å². The second kappa shape index (κ2) is 11.4. The van der Waals surface area contributed by atoms with E-state index in [1.54, 1.807) is 49.4 Å². The predicted molar refractivity (Wildman–Crippen MR) is 138 cm³/mol. The molecule has 0 saturated carbocycles. The van der Waals surface area contributed by atoms with Crippen molar-refractivity contribution in [2.24, 2.45) is 0 Å². The monoisotopic (exact) mass is 513 g/mol. The summed E-state index contributed by atoms with van der Waals surface area (Å²) < 4.78 is 28.2. The van der Waals surface area contributed by atoms with Gasteiger partial charge in [0, 0.05) is 13.6 Å². The van der Waals surface area contributed by atoms with Crippen molar-refractivity contribution in [2.45, 2.75) is 31.3 Å². The van der Waals surface area contributed by atoms with Gasteiger partial charge in [-0.2, -0.15) is 0 Å². The molecule has 1 atom stereocenters. The number of anilines is 1. The molecule has 3 rings (SSSR count). The van der Waals surface area contributed by atoms with Gasteiger partial charge in [0.15, 0.2) is 0 Å². The lowest BCUT2D eigenvalue weighted by molar-refractivity contribution is -0.139. The molecule has 184 valence electrons. The van der Waals surface area contributed by atoms with Gasteiger partial charge in [0.1, 0.15) is 12.6 Å². The number of benzene rings is 3. The molecular weight excluding hydrogens is 486 g/mol. The van der Waals surface area contributed by atoms with Crippen LogP contribution < -0.4 is 9.62 Å². The number of rotatable bonds is 9. The van der Waals surface area contributed by atoms with Crippen LogP contribution in [-0.4, -0.2) is 44.8 Å². The molecule has 0 aliphatic rings. The summed E-state index contributed by atoms with van der Waals surface area (Å²) in [5.74, 6) is -0.901. The molecule has 0 bridgehead atoms. The third-order valence-electron chi connectivity index (χ3n) is 5.62. The topological polar surface area (TPSA) is 86.8 Å². The molecule has 35 heavy (non-hydrogen) atoms. The first-order chi connectivity index (χ1) is 16.6. The average Bonchev–Trinajstić information content (AvgIpc) is 2.86. The van der Waals surface area contributed by atoms with Crippen molar-refractivity contribution in [3.05, 3.63) is 95.0 Å². The number of nitrogens with one attached hydrogen (secondary N) is 1. The van der Waals surface area contributed by atoms with E-state index in [-0.39, 0.29) is 28.1 Å². The molecule has 2 amide bonds. The number of halogens is 1. The molecule has 0 heterocycles. The maximum Gasteiger partial charge on any atom is 0.264 e. The molecule has 0 aliphatic carbocycles. The van der Waals surface area contributed by atoms with Crippen LogP contribution in [0.1, 0.15) is 18.1 Å². The van der Waals surface area contributed by atoms with Crippen LogP contribution in [0.2, 0.25) is 5.02 Å². The van der Waals surface area contributed by atoms with Crippen molar-refractivity contribution >= 4 is 39.1 Å². The van der Waals surface area contributed by atoms with E-state index in [2.05, 4.69) is 5.32 Å². The Bertz CT molecular complexity index is 1280. The van der Waals surface area contributed by atoms with E-state index in [4.69, 9.17) is 11.6 Å². The standard InChI is InChI=1S/C26H28ClN3O4S/c1-19-13-15-21(16-14-19)17-29(20(2)26(32)28-3)25(31)18-30(24-12-8-7-11-23(24)27)35(33,34)22-9-5-4-6-10-22/h4-16,20H,17-18H2,1-3H3,(H,28,32). The van der Waals surface area contributed by atoms with E-state index < -0.39 is 28.5 Å². The number of para-hydroxylation sites is 1. The van der Waals surface area contributed by atoms with Crippen molar-refractivity contribution in [1.82, 2.24) is 10.2 Å². The van der Waals surface area contributed by atoms with Crippen LogP contribution in [0.15, 0.2) is 83.8 Å². The quantitative estimate of drug-likeness (QED) is 0.468. The zero-order valence-corrected chi connectivity index (χ0v) is 21.4. The minimum absolute atomic E-state index is 0.0251. The van der Waals surface area contributed by atoms with E-state index in [1.807, 2.05) is 31.2 Å². The van der Waals surface area contributed by atoms with Gasteiger partial charge in [-0.25, -0.2) is 8.42 Å². The van der Waals surface area contributed by atoms with Crippen LogP contribution in [-0.2, 0) is 26.2 Å². The first-order valence-corrected chi connectivity index (χ1v) is 12.9. The van der Waals surface area contributed by atoms with E-state index in [0.29, 0.717) is 0 Å². The van der Waals surface area contributed by atoms with Crippen LogP contribution in [0.4, 0.5) is 5.69 Å². The summed E-state index contributed by atoms with van der Waals surface area (Å²) >= 11 is 6.36. The maximum atomic E-state index is 13.6. The summed E-state index contributed by atoms with van der Waals surface area (Å²) in [6.45, 7) is 3.16. The normalized spacial score (nSPS) is 12.0. The molecule has 0 saturated heterocycles. The highest BCUT2D eigenvalue weighted by Gasteiger charge is 2.33. The Morgan fingerprint density at radius 1 is 0.943 bits per heavy atom. The van der Waals surface area contributed by atoms with Crippen LogP contribution in [0.5, 0.6) is 0 Å². The van der Waals surface area contributed by atoms with Gasteiger partial charge in [-0.1, -0.05) is 71.8 Å². The molecule has 0 radical (unpaired) electrons. The van der Waals surface area contributed by atoms with E-state index in [1.165, 1.54) is 24.1 Å². The maximum absolute atomic E-state index is 13.6. The van der Waals surface area contributed by atoms with E-state index >= 15 is 0 Å². The van der Waals surface area contributed by atoms with Gasteiger partial charge < -0.3 is 10.2 Å². The second-order valence-electron chi connectivity index (χ2n) is 8.07. The SMILES string of the molecule is CNC(=O)C(C)N(Cc1ccc(C)cc1)C(=O)CN(c1ccccc1Cl)S(=O)(=O)c1ccccc1. The summed E-state index contributed by atoms with van der Waals surface area (Å²) in [7, 11) is -2.64. The number of hydrogen-bond acceptors (Lipinski definition) is 4. The summed E-state index contributed by atoms with van der Waals surface area (Å²) in [5, 5.41) is 2.74. The highest BCUT2D eigenvalue weighted by atomic mass is 35.5. The van der Waals surface area contributed by atoms with Crippen LogP contribution >= 0.6 is 11.6 Å². The zero-order chi connectivity index (χ0) is 25.6. The fourth-order valence-electron chi connectivity index (χ4n) is 3.57. The Balaban J connectivity index is 2.03. The Kier molecular flexibility index (Phi) is 8.53. The largest absolute Gasteiger partial charge is 0.357 e. The Labute approximate surface area is 211 Å².